The zero-order chi connectivity index (χ0) is 29.8. The second kappa shape index (κ2) is 8.70. The van der Waals surface area contributed by atoms with Gasteiger partial charge in [0, 0.05) is 32.7 Å². The molecule has 0 saturated carbocycles. The molecule has 4 aromatic carbocycles. The third-order valence-electron chi connectivity index (χ3n) is 10.1. The first-order valence-electron chi connectivity index (χ1n) is 15.4. The van der Waals surface area contributed by atoms with E-state index >= 15 is 0 Å². The number of hydrogen-bond donors (Lipinski definition) is 0. The molecule has 0 spiro atoms. The fourth-order valence-corrected chi connectivity index (χ4v) is 7.64. The highest BCUT2D eigenvalue weighted by molar-refractivity contribution is 5.92. The van der Waals surface area contributed by atoms with Crippen molar-refractivity contribution in [3.05, 3.63) is 138 Å². The zero-order valence-corrected chi connectivity index (χ0v) is 25.3. The molecule has 3 nitrogen and oxygen atoms in total. The average molecular weight is 566 g/mol. The van der Waals surface area contributed by atoms with Gasteiger partial charge in [0.15, 0.2) is 11.3 Å². The molecule has 9 rings (SSSR count). The molecule has 0 bridgehead atoms. The Morgan fingerprint density at radius 2 is 0.818 bits per heavy atom. The van der Waals surface area contributed by atoms with Crippen LogP contribution in [0.1, 0.15) is 49.9 Å². The quantitative estimate of drug-likeness (QED) is 0.196. The van der Waals surface area contributed by atoms with Crippen molar-refractivity contribution in [3.8, 4) is 44.8 Å². The smallest absolute Gasteiger partial charge is 0.162 e. The largest absolute Gasteiger partial charge is 0.228 e. The maximum atomic E-state index is 5.06. The molecule has 0 fully saturated rings. The van der Waals surface area contributed by atoms with Crippen LogP contribution in [-0.2, 0) is 10.8 Å². The lowest BCUT2D eigenvalue weighted by atomic mass is 9.82. The van der Waals surface area contributed by atoms with Crippen LogP contribution in [0.2, 0.25) is 0 Å². The second-order valence-corrected chi connectivity index (χ2v) is 13.3. The van der Waals surface area contributed by atoms with Crippen molar-refractivity contribution in [3.63, 3.8) is 0 Å². The number of benzene rings is 4. The first-order valence-corrected chi connectivity index (χ1v) is 15.4. The molecule has 0 saturated heterocycles. The molecule has 0 atom stereocenters. The van der Waals surface area contributed by atoms with E-state index in [9.17, 15) is 0 Å². The second-order valence-electron chi connectivity index (χ2n) is 13.3. The van der Waals surface area contributed by atoms with Crippen LogP contribution in [0.15, 0.2) is 115 Å². The zero-order valence-electron chi connectivity index (χ0n) is 25.3. The highest BCUT2D eigenvalue weighted by Gasteiger charge is 2.36. The van der Waals surface area contributed by atoms with E-state index < -0.39 is 0 Å². The van der Waals surface area contributed by atoms with Crippen LogP contribution in [-0.4, -0.2) is 15.0 Å². The average Bonchev–Trinajstić information content (AvgIpc) is 3.42. The van der Waals surface area contributed by atoms with Gasteiger partial charge in [0.1, 0.15) is 0 Å². The topological polar surface area (TPSA) is 38.7 Å². The van der Waals surface area contributed by atoms with E-state index in [1.807, 2.05) is 0 Å². The normalized spacial score (nSPS) is 15.2. The Balaban J connectivity index is 1.12. The molecule has 3 aromatic heterocycles. The van der Waals surface area contributed by atoms with Crippen LogP contribution in [0.25, 0.3) is 66.8 Å². The number of hydrogen-bond acceptors (Lipinski definition) is 3. The molecule has 44 heavy (non-hydrogen) atoms. The lowest BCUT2D eigenvalue weighted by Gasteiger charge is -2.22. The molecular weight excluding hydrogens is 534 g/mol. The predicted molar refractivity (Wildman–Crippen MR) is 181 cm³/mol. The number of rotatable bonds is 2. The Labute approximate surface area is 257 Å². The first kappa shape index (κ1) is 25.4. The summed E-state index contributed by atoms with van der Waals surface area (Å²) in [6.07, 6.45) is 0. The van der Waals surface area contributed by atoms with Gasteiger partial charge in [0.25, 0.3) is 0 Å². The van der Waals surface area contributed by atoms with Crippen LogP contribution in [0, 0.1) is 0 Å². The molecule has 0 radical (unpaired) electrons. The van der Waals surface area contributed by atoms with Crippen molar-refractivity contribution >= 4 is 22.1 Å². The van der Waals surface area contributed by atoms with Crippen LogP contribution < -0.4 is 0 Å². The predicted octanol–water partition coefficient (Wildman–Crippen LogP) is 10.1. The molecule has 3 heterocycles. The molecule has 2 aliphatic carbocycles. The summed E-state index contributed by atoms with van der Waals surface area (Å²) in [4.78, 5) is 15.1. The van der Waals surface area contributed by atoms with E-state index in [1.54, 1.807) is 0 Å². The van der Waals surface area contributed by atoms with E-state index in [0.717, 1.165) is 33.3 Å². The van der Waals surface area contributed by atoms with Crippen molar-refractivity contribution in [1.82, 2.24) is 15.0 Å². The van der Waals surface area contributed by atoms with Gasteiger partial charge in [-0.05, 0) is 87.0 Å². The third kappa shape index (κ3) is 3.47. The third-order valence-corrected chi connectivity index (χ3v) is 10.1. The summed E-state index contributed by atoms with van der Waals surface area (Å²) in [7, 11) is 0. The van der Waals surface area contributed by atoms with Gasteiger partial charge in [-0.3, -0.25) is 0 Å². The standard InChI is InChI=1S/C41H31N3/c1-40(2)32-11-7-5-9-28(32)30-17-13-24(22-34(30)40)36-19-15-26-21-27-16-20-37(43-39(27)44-38(26)42-36)25-14-18-31-29-10-6-8-12-33(29)41(3,4)35(31)23-25/h5-23H,1-4H3. The highest BCUT2D eigenvalue weighted by Crippen LogP contribution is 2.50. The van der Waals surface area contributed by atoms with E-state index in [-0.39, 0.29) is 10.8 Å². The van der Waals surface area contributed by atoms with Crippen molar-refractivity contribution < 1.29 is 0 Å². The lowest BCUT2D eigenvalue weighted by Crippen LogP contribution is -2.14. The van der Waals surface area contributed by atoms with Crippen molar-refractivity contribution in [2.24, 2.45) is 0 Å². The minimum absolute atomic E-state index is 0.0525. The summed E-state index contributed by atoms with van der Waals surface area (Å²) in [6.45, 7) is 9.25. The highest BCUT2D eigenvalue weighted by atomic mass is 14.9. The van der Waals surface area contributed by atoms with Gasteiger partial charge in [-0.1, -0.05) is 100 Å². The van der Waals surface area contributed by atoms with Crippen LogP contribution in [0.3, 0.4) is 0 Å². The molecule has 0 N–H and O–H groups in total. The molecule has 0 aliphatic heterocycles. The number of fused-ring (bicyclic) bond motifs is 8. The van der Waals surface area contributed by atoms with E-state index in [4.69, 9.17) is 15.0 Å². The molecule has 7 aromatic rings. The fraction of sp³-hybridized carbons (Fsp3) is 0.146. The Morgan fingerprint density at radius 1 is 0.386 bits per heavy atom. The number of pyridine rings is 3. The molecule has 3 heteroatoms. The van der Waals surface area contributed by atoms with Gasteiger partial charge in [0.05, 0.1) is 11.4 Å². The van der Waals surface area contributed by atoms with Gasteiger partial charge >= 0.3 is 0 Å². The van der Waals surface area contributed by atoms with Crippen molar-refractivity contribution in [2.75, 3.05) is 0 Å². The Bertz CT molecular complexity index is 2180. The van der Waals surface area contributed by atoms with Crippen LogP contribution in [0.4, 0.5) is 0 Å². The molecule has 0 amide bonds. The van der Waals surface area contributed by atoms with Crippen LogP contribution in [0.5, 0.6) is 0 Å². The Morgan fingerprint density at radius 3 is 1.30 bits per heavy atom. The Kier molecular flexibility index (Phi) is 5.02. The number of aromatic nitrogens is 3. The van der Waals surface area contributed by atoms with Crippen molar-refractivity contribution in [1.29, 1.82) is 0 Å². The summed E-state index contributed by atoms with van der Waals surface area (Å²) in [6, 6.07) is 41.6. The summed E-state index contributed by atoms with van der Waals surface area (Å²) in [5.41, 5.74) is 16.1. The maximum absolute atomic E-state index is 5.06. The van der Waals surface area contributed by atoms with Gasteiger partial charge in [0.2, 0.25) is 0 Å². The molecule has 0 unspecified atom stereocenters. The number of nitrogens with zero attached hydrogens (tertiary/aromatic N) is 3. The summed E-state index contributed by atoms with van der Waals surface area (Å²) >= 11 is 0. The lowest BCUT2D eigenvalue weighted by molar-refractivity contribution is 0.660. The van der Waals surface area contributed by atoms with Crippen molar-refractivity contribution in [2.45, 2.75) is 38.5 Å². The SMILES string of the molecule is CC1(C)c2ccccc2-c2ccc(-c3ccc4cc5ccc(-c6ccc7c(c6)C(C)(C)c6ccccc6-7)nc5nc4n3)cc21. The fourth-order valence-electron chi connectivity index (χ4n) is 7.64. The Hall–Kier alpha value is -5.15. The van der Waals surface area contributed by atoms with Gasteiger partial charge in [-0.2, -0.15) is 0 Å². The minimum atomic E-state index is -0.0525. The summed E-state index contributed by atoms with van der Waals surface area (Å²) in [5, 5.41) is 2.03. The summed E-state index contributed by atoms with van der Waals surface area (Å²) < 4.78 is 0. The summed E-state index contributed by atoms with van der Waals surface area (Å²) in [5.74, 6) is 0. The maximum Gasteiger partial charge on any atom is 0.162 e. The van der Waals surface area contributed by atoms with Crippen LogP contribution >= 0.6 is 0 Å². The molecule has 2 aliphatic rings. The van der Waals surface area contributed by atoms with Gasteiger partial charge in [-0.15, -0.1) is 0 Å². The minimum Gasteiger partial charge on any atom is -0.228 e. The molecule has 210 valence electrons. The first-order chi connectivity index (χ1) is 21.3. The van der Waals surface area contributed by atoms with Gasteiger partial charge in [-0.25, -0.2) is 15.0 Å². The molecular formula is C41H31N3. The monoisotopic (exact) mass is 565 g/mol. The van der Waals surface area contributed by atoms with Gasteiger partial charge < -0.3 is 0 Å². The van der Waals surface area contributed by atoms with E-state index in [2.05, 4.69) is 143 Å². The van der Waals surface area contributed by atoms with E-state index in [1.165, 1.54) is 44.5 Å². The van der Waals surface area contributed by atoms with E-state index in [0.29, 0.717) is 11.3 Å².